The van der Waals surface area contributed by atoms with Gasteiger partial charge in [0.15, 0.2) is 0 Å². The summed E-state index contributed by atoms with van der Waals surface area (Å²) in [5, 5.41) is 9.08. The van der Waals surface area contributed by atoms with E-state index in [1.807, 2.05) is 0 Å². The summed E-state index contributed by atoms with van der Waals surface area (Å²) in [7, 11) is 0. The van der Waals surface area contributed by atoms with Crippen molar-refractivity contribution in [1.82, 2.24) is 14.7 Å². The topological polar surface area (TPSA) is 30.0 Å². The predicted octanol–water partition coefficient (Wildman–Crippen LogP) is 5.02. The Morgan fingerprint density at radius 1 is 0.472 bits per heavy atom. The molecule has 0 amide bonds. The van der Waals surface area contributed by atoms with E-state index in [2.05, 4.69) is 63.2 Å². The van der Waals surface area contributed by atoms with Crippen molar-refractivity contribution in [2.75, 3.05) is 65.5 Å². The van der Waals surface area contributed by atoms with E-state index < -0.39 is 0 Å². The summed E-state index contributed by atoms with van der Waals surface area (Å²) in [6, 6.07) is 18.2. The summed E-state index contributed by atoms with van der Waals surface area (Å²) in [4.78, 5) is 7.71. The van der Waals surface area contributed by atoms with E-state index in [0.717, 1.165) is 26.1 Å². The Hall–Kier alpha value is -1.72. The molecule has 2 aliphatic heterocycles. The lowest BCUT2D eigenvalue weighted by Gasteiger charge is -2.34. The zero-order valence-electron chi connectivity index (χ0n) is 22.5. The summed E-state index contributed by atoms with van der Waals surface area (Å²) in [5.74, 6) is 0. The van der Waals surface area contributed by atoms with Crippen LogP contribution in [0.4, 0.5) is 0 Å². The van der Waals surface area contributed by atoms with Crippen molar-refractivity contribution >= 4 is 0 Å². The molecule has 0 saturated carbocycles. The lowest BCUT2D eigenvalue weighted by molar-refractivity contribution is 0.111. The number of rotatable bonds is 12. The largest absolute Gasteiger partial charge is 0.395 e. The van der Waals surface area contributed by atoms with Crippen molar-refractivity contribution < 1.29 is 5.11 Å². The highest BCUT2D eigenvalue weighted by Crippen LogP contribution is 2.21. The van der Waals surface area contributed by atoms with Gasteiger partial charge in [0.25, 0.3) is 0 Å². The molecule has 1 saturated heterocycles. The van der Waals surface area contributed by atoms with Gasteiger partial charge in [-0.05, 0) is 67.4 Å². The van der Waals surface area contributed by atoms with Gasteiger partial charge >= 0.3 is 0 Å². The molecule has 4 nitrogen and oxygen atoms in total. The number of nitrogens with zero attached hydrogens (tertiary/aromatic N) is 3. The van der Waals surface area contributed by atoms with E-state index in [4.69, 9.17) is 5.11 Å². The molecule has 0 bridgehead atoms. The van der Waals surface area contributed by atoms with Crippen LogP contribution in [-0.4, -0.2) is 85.3 Å². The third-order valence-electron chi connectivity index (χ3n) is 8.34. The van der Waals surface area contributed by atoms with Gasteiger partial charge in [-0.1, -0.05) is 80.6 Å². The number of hydrogen-bond donors (Lipinski definition) is 1. The van der Waals surface area contributed by atoms with Crippen molar-refractivity contribution in [2.24, 2.45) is 0 Å². The van der Waals surface area contributed by atoms with Crippen LogP contribution in [0.3, 0.4) is 0 Å². The Kier molecular flexibility index (Phi) is 11.8. The van der Waals surface area contributed by atoms with Crippen LogP contribution in [0.1, 0.15) is 67.2 Å². The van der Waals surface area contributed by atoms with Gasteiger partial charge in [0, 0.05) is 45.8 Å². The van der Waals surface area contributed by atoms with Gasteiger partial charge in [0.2, 0.25) is 0 Å². The molecule has 1 fully saturated rings. The standard InChI is InChI=1S/C32H49N3O/c36-27-26-35-24-22-34(23-25-35)19-11-5-3-1-2-4-10-18-33-20-16-29-12-6-8-14-31(29)28-32-15-9-7-13-30(32)17-21-33/h6-9,12-15,36H,1-5,10-11,16-28H2. The van der Waals surface area contributed by atoms with Gasteiger partial charge < -0.3 is 14.9 Å². The van der Waals surface area contributed by atoms with Crippen molar-refractivity contribution in [3.05, 3.63) is 70.8 Å². The quantitative estimate of drug-likeness (QED) is 0.422. The maximum Gasteiger partial charge on any atom is 0.0558 e. The minimum atomic E-state index is 0.293. The van der Waals surface area contributed by atoms with Gasteiger partial charge in [0.1, 0.15) is 0 Å². The molecule has 4 heteroatoms. The van der Waals surface area contributed by atoms with Crippen LogP contribution in [0.25, 0.3) is 0 Å². The lowest BCUT2D eigenvalue weighted by Crippen LogP contribution is -2.47. The number of aliphatic hydroxyl groups is 1. The summed E-state index contributed by atoms with van der Waals surface area (Å²) >= 11 is 0. The highest BCUT2D eigenvalue weighted by molar-refractivity contribution is 5.37. The molecule has 198 valence electrons. The molecule has 0 aliphatic carbocycles. The minimum Gasteiger partial charge on any atom is -0.395 e. The van der Waals surface area contributed by atoms with Crippen LogP contribution in [0, 0.1) is 0 Å². The zero-order valence-corrected chi connectivity index (χ0v) is 22.5. The number of hydrogen-bond acceptors (Lipinski definition) is 4. The van der Waals surface area contributed by atoms with Crippen LogP contribution in [0.5, 0.6) is 0 Å². The first kappa shape index (κ1) is 27.3. The van der Waals surface area contributed by atoms with E-state index in [1.165, 1.54) is 119 Å². The van der Waals surface area contributed by atoms with E-state index in [-0.39, 0.29) is 0 Å². The number of unbranched alkanes of at least 4 members (excludes halogenated alkanes) is 6. The van der Waals surface area contributed by atoms with Gasteiger partial charge in [0.05, 0.1) is 6.61 Å². The third-order valence-corrected chi connectivity index (χ3v) is 8.34. The highest BCUT2D eigenvalue weighted by Gasteiger charge is 2.16. The Bertz CT molecular complexity index is 828. The molecule has 4 rings (SSSR count). The average molecular weight is 492 g/mol. The van der Waals surface area contributed by atoms with Gasteiger partial charge in [-0.3, -0.25) is 4.90 Å². The number of fused-ring (bicyclic) bond motifs is 2. The molecule has 0 aromatic heterocycles. The Labute approximate surface area is 220 Å². The van der Waals surface area contributed by atoms with E-state index in [1.54, 1.807) is 0 Å². The summed E-state index contributed by atoms with van der Waals surface area (Å²) in [6.07, 6.45) is 13.0. The Morgan fingerprint density at radius 3 is 1.33 bits per heavy atom. The second-order valence-corrected chi connectivity index (χ2v) is 10.9. The molecule has 2 aliphatic rings. The predicted molar refractivity (Wildman–Crippen MR) is 152 cm³/mol. The van der Waals surface area contributed by atoms with E-state index >= 15 is 0 Å². The first-order chi connectivity index (χ1) is 17.8. The fourth-order valence-corrected chi connectivity index (χ4v) is 5.98. The highest BCUT2D eigenvalue weighted by atomic mass is 16.3. The van der Waals surface area contributed by atoms with Crippen molar-refractivity contribution in [3.63, 3.8) is 0 Å². The molecule has 0 spiro atoms. The third kappa shape index (κ3) is 8.99. The zero-order chi connectivity index (χ0) is 24.8. The van der Waals surface area contributed by atoms with E-state index in [0.29, 0.717) is 6.61 Å². The SMILES string of the molecule is OCCN1CCN(CCCCCCCCCN2CCc3ccccc3Cc3ccccc3CC2)CC1. The smallest absolute Gasteiger partial charge is 0.0558 e. The monoisotopic (exact) mass is 491 g/mol. The van der Waals surface area contributed by atoms with Gasteiger partial charge in [-0.25, -0.2) is 0 Å². The second-order valence-electron chi connectivity index (χ2n) is 10.9. The number of aliphatic hydroxyl groups excluding tert-OH is 1. The molecule has 0 unspecified atom stereocenters. The van der Waals surface area contributed by atoms with Crippen LogP contribution in [0.2, 0.25) is 0 Å². The summed E-state index contributed by atoms with van der Waals surface area (Å²) in [5.41, 5.74) is 6.09. The van der Waals surface area contributed by atoms with Crippen LogP contribution in [0.15, 0.2) is 48.5 Å². The number of benzene rings is 2. The fraction of sp³-hybridized carbons (Fsp3) is 0.625. The van der Waals surface area contributed by atoms with E-state index in [9.17, 15) is 0 Å². The molecule has 2 heterocycles. The van der Waals surface area contributed by atoms with Crippen molar-refractivity contribution in [2.45, 2.75) is 64.2 Å². The Balaban J connectivity index is 1.10. The molecule has 1 N–H and O–H groups in total. The number of β-amino-alcohol motifs (C(OH)–C–C–N with tert-alkyl or cyclic N) is 1. The van der Waals surface area contributed by atoms with Crippen LogP contribution < -0.4 is 0 Å². The Morgan fingerprint density at radius 2 is 0.861 bits per heavy atom. The fourth-order valence-electron chi connectivity index (χ4n) is 5.98. The van der Waals surface area contributed by atoms with Crippen molar-refractivity contribution in [3.8, 4) is 0 Å². The summed E-state index contributed by atoms with van der Waals surface area (Å²) in [6.45, 7) is 10.6. The molecule has 0 radical (unpaired) electrons. The molecule has 2 aromatic carbocycles. The minimum absolute atomic E-state index is 0.293. The molecule has 36 heavy (non-hydrogen) atoms. The van der Waals surface area contributed by atoms with Crippen LogP contribution in [-0.2, 0) is 19.3 Å². The second kappa shape index (κ2) is 15.5. The maximum atomic E-state index is 9.08. The molecule has 2 aromatic rings. The normalized spacial score (nSPS) is 18.0. The van der Waals surface area contributed by atoms with Crippen LogP contribution >= 0.6 is 0 Å². The molecular formula is C32H49N3O. The van der Waals surface area contributed by atoms with Crippen molar-refractivity contribution in [1.29, 1.82) is 0 Å². The molecule has 0 atom stereocenters. The average Bonchev–Trinajstić information content (AvgIpc) is 2.91. The number of piperazine rings is 1. The first-order valence-corrected chi connectivity index (χ1v) is 14.7. The molecular weight excluding hydrogens is 442 g/mol. The first-order valence-electron chi connectivity index (χ1n) is 14.7. The maximum absolute atomic E-state index is 9.08. The van der Waals surface area contributed by atoms with Gasteiger partial charge in [-0.2, -0.15) is 0 Å². The van der Waals surface area contributed by atoms with Gasteiger partial charge in [-0.15, -0.1) is 0 Å². The summed E-state index contributed by atoms with van der Waals surface area (Å²) < 4.78 is 0. The lowest BCUT2D eigenvalue weighted by atomic mass is 9.93.